The molecular weight excluding hydrogens is 446 g/mol. The first-order chi connectivity index (χ1) is 16.5. The van der Waals surface area contributed by atoms with Gasteiger partial charge in [-0.15, -0.1) is 11.3 Å². The Kier molecular flexibility index (Phi) is 7.29. The highest BCUT2D eigenvalue weighted by atomic mass is 32.1. The molecular formula is C26H25N5O2S. The Balaban J connectivity index is 1.45. The number of pyridine rings is 1. The Labute approximate surface area is 202 Å². The summed E-state index contributed by atoms with van der Waals surface area (Å²) < 4.78 is 0. The van der Waals surface area contributed by atoms with Crippen LogP contribution in [0.3, 0.4) is 0 Å². The number of nitrogens with one attached hydrogen (secondary N) is 1. The average Bonchev–Trinajstić information content (AvgIpc) is 3.36. The van der Waals surface area contributed by atoms with Crippen LogP contribution >= 0.6 is 11.3 Å². The van der Waals surface area contributed by atoms with E-state index in [1.165, 1.54) is 11.1 Å². The van der Waals surface area contributed by atoms with Gasteiger partial charge in [-0.2, -0.15) is 0 Å². The number of benzene rings is 2. The Bertz CT molecular complexity index is 1240. The molecule has 0 unspecified atom stereocenters. The zero-order chi connectivity index (χ0) is 23.9. The van der Waals surface area contributed by atoms with Crippen molar-refractivity contribution in [2.24, 2.45) is 0 Å². The fraction of sp³-hybridized carbons (Fsp3) is 0.154. The van der Waals surface area contributed by atoms with E-state index in [0.717, 1.165) is 22.0 Å². The Morgan fingerprint density at radius 1 is 0.971 bits per heavy atom. The Hall–Kier alpha value is -4.04. The third kappa shape index (κ3) is 5.85. The predicted molar refractivity (Wildman–Crippen MR) is 136 cm³/mol. The normalized spacial score (nSPS) is 10.5. The fourth-order valence-corrected chi connectivity index (χ4v) is 4.14. The smallest absolute Gasteiger partial charge is 0.256 e. The molecule has 0 aliphatic rings. The molecule has 2 amide bonds. The van der Waals surface area contributed by atoms with E-state index in [4.69, 9.17) is 0 Å². The number of hydrogen-bond acceptors (Lipinski definition) is 6. The molecule has 7 nitrogen and oxygen atoms in total. The fourth-order valence-electron chi connectivity index (χ4n) is 3.38. The number of carbonyl (C=O) groups is 2. The SMILES string of the molecule is CN(C)c1nc(-c2ccc(NC(=O)CN(Cc3ccccc3)C(=O)c3cccnc3)cc2)cs1. The molecule has 4 aromatic rings. The van der Waals surface area contributed by atoms with Crippen molar-refractivity contribution in [3.63, 3.8) is 0 Å². The molecule has 1 N–H and O–H groups in total. The summed E-state index contributed by atoms with van der Waals surface area (Å²) in [6, 6.07) is 20.5. The minimum absolute atomic E-state index is 0.0807. The van der Waals surface area contributed by atoms with Crippen LogP contribution in [-0.4, -0.2) is 47.3 Å². The molecule has 0 bridgehead atoms. The number of rotatable bonds is 8. The van der Waals surface area contributed by atoms with Crippen molar-refractivity contribution in [3.05, 3.63) is 95.6 Å². The summed E-state index contributed by atoms with van der Waals surface area (Å²) in [5.74, 6) is -0.521. The highest BCUT2D eigenvalue weighted by Gasteiger charge is 2.20. The lowest BCUT2D eigenvalue weighted by Gasteiger charge is -2.22. The van der Waals surface area contributed by atoms with Gasteiger partial charge < -0.3 is 15.1 Å². The highest BCUT2D eigenvalue weighted by Crippen LogP contribution is 2.27. The number of anilines is 2. The molecule has 0 saturated heterocycles. The standard InChI is InChI=1S/C26H25N5O2S/c1-30(2)26-29-23(18-34-26)20-10-12-22(13-11-20)28-24(32)17-31(16-19-7-4-3-5-8-19)25(33)21-9-6-14-27-15-21/h3-15,18H,16-17H2,1-2H3,(H,28,32). The molecule has 0 radical (unpaired) electrons. The van der Waals surface area contributed by atoms with Gasteiger partial charge in [0.05, 0.1) is 11.3 Å². The van der Waals surface area contributed by atoms with Crippen molar-refractivity contribution in [1.82, 2.24) is 14.9 Å². The van der Waals surface area contributed by atoms with Gasteiger partial charge in [0, 0.05) is 49.7 Å². The summed E-state index contributed by atoms with van der Waals surface area (Å²) in [6.45, 7) is 0.238. The number of thiazole rings is 1. The molecule has 0 atom stereocenters. The maximum absolute atomic E-state index is 13.1. The van der Waals surface area contributed by atoms with Crippen molar-refractivity contribution in [3.8, 4) is 11.3 Å². The lowest BCUT2D eigenvalue weighted by Crippen LogP contribution is -2.37. The van der Waals surface area contributed by atoms with Gasteiger partial charge in [0.25, 0.3) is 5.91 Å². The van der Waals surface area contributed by atoms with E-state index in [1.54, 1.807) is 29.7 Å². The van der Waals surface area contributed by atoms with Crippen LogP contribution in [0.2, 0.25) is 0 Å². The van der Waals surface area contributed by atoms with Crippen LogP contribution in [-0.2, 0) is 11.3 Å². The minimum Gasteiger partial charge on any atom is -0.354 e. The van der Waals surface area contributed by atoms with Crippen LogP contribution in [0.15, 0.2) is 84.5 Å². The van der Waals surface area contributed by atoms with E-state index in [0.29, 0.717) is 17.8 Å². The summed E-state index contributed by atoms with van der Waals surface area (Å²) in [6.07, 6.45) is 3.12. The quantitative estimate of drug-likeness (QED) is 0.408. The van der Waals surface area contributed by atoms with Crippen LogP contribution in [0.1, 0.15) is 15.9 Å². The van der Waals surface area contributed by atoms with E-state index < -0.39 is 0 Å². The van der Waals surface area contributed by atoms with Crippen molar-refractivity contribution in [2.75, 3.05) is 30.9 Å². The highest BCUT2D eigenvalue weighted by molar-refractivity contribution is 7.14. The van der Waals surface area contributed by atoms with E-state index >= 15 is 0 Å². The zero-order valence-electron chi connectivity index (χ0n) is 19.0. The van der Waals surface area contributed by atoms with Gasteiger partial charge in [0.2, 0.25) is 5.91 Å². The third-order valence-electron chi connectivity index (χ3n) is 5.09. The minimum atomic E-state index is -0.274. The molecule has 2 aromatic heterocycles. The van der Waals surface area contributed by atoms with Crippen molar-refractivity contribution < 1.29 is 9.59 Å². The van der Waals surface area contributed by atoms with Gasteiger partial charge in [-0.25, -0.2) is 4.98 Å². The molecule has 0 spiro atoms. The second-order valence-corrected chi connectivity index (χ2v) is 8.76. The molecule has 0 saturated carbocycles. The van der Waals surface area contributed by atoms with Gasteiger partial charge in [-0.1, -0.05) is 42.5 Å². The van der Waals surface area contributed by atoms with Crippen LogP contribution in [0.4, 0.5) is 10.8 Å². The Morgan fingerprint density at radius 3 is 2.38 bits per heavy atom. The summed E-state index contributed by atoms with van der Waals surface area (Å²) >= 11 is 1.58. The van der Waals surface area contributed by atoms with Crippen LogP contribution in [0, 0.1) is 0 Å². The van der Waals surface area contributed by atoms with Crippen LogP contribution < -0.4 is 10.2 Å². The van der Waals surface area contributed by atoms with Gasteiger partial charge in [-0.3, -0.25) is 14.6 Å². The second kappa shape index (κ2) is 10.7. The van der Waals surface area contributed by atoms with Gasteiger partial charge >= 0.3 is 0 Å². The van der Waals surface area contributed by atoms with Gasteiger partial charge in [0.1, 0.15) is 6.54 Å². The molecule has 0 fully saturated rings. The van der Waals surface area contributed by atoms with Crippen LogP contribution in [0.5, 0.6) is 0 Å². The monoisotopic (exact) mass is 471 g/mol. The summed E-state index contributed by atoms with van der Waals surface area (Å²) in [7, 11) is 3.92. The Morgan fingerprint density at radius 2 is 1.74 bits per heavy atom. The third-order valence-corrected chi connectivity index (χ3v) is 6.09. The molecule has 34 heavy (non-hydrogen) atoms. The maximum atomic E-state index is 13.1. The first-order valence-corrected chi connectivity index (χ1v) is 11.6. The first-order valence-electron chi connectivity index (χ1n) is 10.8. The zero-order valence-corrected chi connectivity index (χ0v) is 19.8. The van der Waals surface area contributed by atoms with Gasteiger partial charge in [-0.05, 0) is 29.8 Å². The number of carbonyl (C=O) groups excluding carboxylic acids is 2. The lowest BCUT2D eigenvalue weighted by molar-refractivity contribution is -0.117. The first kappa shape index (κ1) is 23.1. The summed E-state index contributed by atoms with van der Waals surface area (Å²) in [5, 5.41) is 5.83. The van der Waals surface area contributed by atoms with Crippen LogP contribution in [0.25, 0.3) is 11.3 Å². The lowest BCUT2D eigenvalue weighted by atomic mass is 10.1. The summed E-state index contributed by atoms with van der Waals surface area (Å²) in [4.78, 5) is 38.1. The largest absolute Gasteiger partial charge is 0.354 e. The molecule has 172 valence electrons. The van der Waals surface area contributed by atoms with Crippen molar-refractivity contribution in [1.29, 1.82) is 0 Å². The molecule has 4 rings (SSSR count). The average molecular weight is 472 g/mol. The topological polar surface area (TPSA) is 78.4 Å². The number of nitrogens with zero attached hydrogens (tertiary/aromatic N) is 4. The van der Waals surface area contributed by atoms with E-state index in [-0.39, 0.29) is 18.4 Å². The molecule has 8 heteroatoms. The molecule has 2 heterocycles. The van der Waals surface area contributed by atoms with Crippen molar-refractivity contribution >= 4 is 34.0 Å². The molecule has 2 aromatic carbocycles. The number of aromatic nitrogens is 2. The van der Waals surface area contributed by atoms with E-state index in [9.17, 15) is 9.59 Å². The molecule has 0 aliphatic heterocycles. The number of amides is 2. The maximum Gasteiger partial charge on any atom is 0.256 e. The van der Waals surface area contributed by atoms with E-state index in [1.807, 2.05) is 79.0 Å². The number of hydrogen-bond donors (Lipinski definition) is 1. The second-order valence-electron chi connectivity index (χ2n) is 7.92. The predicted octanol–water partition coefficient (Wildman–Crippen LogP) is 4.55. The summed E-state index contributed by atoms with van der Waals surface area (Å²) in [5.41, 5.74) is 3.90. The van der Waals surface area contributed by atoms with Crippen molar-refractivity contribution in [2.45, 2.75) is 6.54 Å². The van der Waals surface area contributed by atoms with E-state index in [2.05, 4.69) is 15.3 Å². The van der Waals surface area contributed by atoms with Gasteiger partial charge in [0.15, 0.2) is 5.13 Å². The molecule has 0 aliphatic carbocycles.